The maximum atomic E-state index is 5.73. The molecule has 1 aromatic rings. The number of nitrogens with zero attached hydrogens (tertiary/aromatic N) is 1. The molecule has 1 fully saturated rings. The Morgan fingerprint density at radius 3 is 2.69 bits per heavy atom. The lowest BCUT2D eigenvalue weighted by atomic mass is 10.1. The molecule has 0 saturated carbocycles. The van der Waals surface area contributed by atoms with Crippen molar-refractivity contribution < 1.29 is 14.2 Å². The number of hydrogen-bond acceptors (Lipinski definition) is 4. The summed E-state index contributed by atoms with van der Waals surface area (Å²) in [5.74, 6) is 2.39. The van der Waals surface area contributed by atoms with Gasteiger partial charge in [-0.25, -0.2) is 0 Å². The Labute approximate surface area is 193 Å². The first-order valence-corrected chi connectivity index (χ1v) is 10.6. The van der Waals surface area contributed by atoms with Crippen molar-refractivity contribution in [3.63, 3.8) is 0 Å². The van der Waals surface area contributed by atoms with Gasteiger partial charge in [0.2, 0.25) is 0 Å². The van der Waals surface area contributed by atoms with E-state index in [1.165, 1.54) is 5.56 Å². The maximum Gasteiger partial charge on any atom is 0.191 e. The Morgan fingerprint density at radius 2 is 2.00 bits per heavy atom. The van der Waals surface area contributed by atoms with Gasteiger partial charge in [-0.2, -0.15) is 0 Å². The molecule has 0 spiro atoms. The van der Waals surface area contributed by atoms with Crippen LogP contribution in [0.3, 0.4) is 0 Å². The number of methoxy groups -OCH3 is 1. The molecule has 0 amide bonds. The average Bonchev–Trinajstić information content (AvgIpc) is 3.24. The standard InChI is InChI=1S/C22H37N3O3.HI/c1-3-23-22(25-14-6-15-27-17-20-12-16-28-18-20)24-13-5-4-7-19-8-10-21(26-2)11-9-19;/h8-11,20H,3-7,12-18H2,1-2H3,(H2,23,24,25);1H. The van der Waals surface area contributed by atoms with Gasteiger partial charge in [-0.1, -0.05) is 12.1 Å². The summed E-state index contributed by atoms with van der Waals surface area (Å²) >= 11 is 0. The number of guanidine groups is 1. The summed E-state index contributed by atoms with van der Waals surface area (Å²) in [6.45, 7) is 7.99. The van der Waals surface area contributed by atoms with Crippen LogP contribution in [-0.2, 0) is 15.9 Å². The highest BCUT2D eigenvalue weighted by Crippen LogP contribution is 2.13. The Kier molecular flexibility index (Phi) is 15.0. The minimum absolute atomic E-state index is 0. The van der Waals surface area contributed by atoms with Crippen LogP contribution < -0.4 is 15.4 Å². The van der Waals surface area contributed by atoms with Gasteiger partial charge in [-0.3, -0.25) is 4.99 Å². The molecule has 29 heavy (non-hydrogen) atoms. The molecule has 1 saturated heterocycles. The lowest BCUT2D eigenvalue weighted by Crippen LogP contribution is -2.38. The summed E-state index contributed by atoms with van der Waals surface area (Å²) in [4.78, 5) is 4.63. The minimum atomic E-state index is 0. The van der Waals surface area contributed by atoms with E-state index in [1.807, 2.05) is 12.1 Å². The van der Waals surface area contributed by atoms with Crippen LogP contribution in [0.5, 0.6) is 5.75 Å². The second-order valence-electron chi connectivity index (χ2n) is 7.15. The molecular weight excluding hydrogens is 481 g/mol. The number of hydrogen-bond donors (Lipinski definition) is 2. The molecule has 2 rings (SSSR count). The van der Waals surface area contributed by atoms with Gasteiger partial charge in [0.15, 0.2) is 5.96 Å². The number of aryl methyl sites for hydroxylation is 1. The summed E-state index contributed by atoms with van der Waals surface area (Å²) in [5.41, 5.74) is 1.35. The predicted molar refractivity (Wildman–Crippen MR) is 130 cm³/mol. The fourth-order valence-corrected chi connectivity index (χ4v) is 3.12. The van der Waals surface area contributed by atoms with Gasteiger partial charge in [0.05, 0.1) is 20.3 Å². The van der Waals surface area contributed by atoms with Gasteiger partial charge in [0.1, 0.15) is 5.75 Å². The van der Waals surface area contributed by atoms with Crippen LogP contribution in [-0.4, -0.2) is 59.1 Å². The van der Waals surface area contributed by atoms with Gasteiger partial charge in [0.25, 0.3) is 0 Å². The molecule has 1 aliphatic heterocycles. The van der Waals surface area contributed by atoms with E-state index in [-0.39, 0.29) is 24.0 Å². The second-order valence-corrected chi connectivity index (χ2v) is 7.15. The topological polar surface area (TPSA) is 64.1 Å². The number of halogens is 1. The van der Waals surface area contributed by atoms with Crippen LogP contribution in [0, 0.1) is 5.92 Å². The predicted octanol–water partition coefficient (Wildman–Crippen LogP) is 3.63. The number of unbranched alkanes of at least 4 members (excludes halogenated alkanes) is 1. The van der Waals surface area contributed by atoms with Crippen LogP contribution in [0.2, 0.25) is 0 Å². The summed E-state index contributed by atoms with van der Waals surface area (Å²) in [6, 6.07) is 8.32. The van der Waals surface area contributed by atoms with Crippen molar-refractivity contribution in [1.82, 2.24) is 10.6 Å². The monoisotopic (exact) mass is 519 g/mol. The smallest absolute Gasteiger partial charge is 0.191 e. The summed E-state index contributed by atoms with van der Waals surface area (Å²) in [7, 11) is 1.70. The van der Waals surface area contributed by atoms with Crippen molar-refractivity contribution >= 4 is 29.9 Å². The molecular formula is C22H38IN3O3. The molecule has 1 aromatic carbocycles. The fraction of sp³-hybridized carbons (Fsp3) is 0.682. The fourth-order valence-electron chi connectivity index (χ4n) is 3.12. The van der Waals surface area contributed by atoms with Crippen LogP contribution in [0.4, 0.5) is 0 Å². The van der Waals surface area contributed by atoms with Crippen molar-refractivity contribution in [3.8, 4) is 5.75 Å². The first kappa shape index (κ1) is 26.0. The molecule has 0 aliphatic carbocycles. The number of aliphatic imine (C=N–C) groups is 1. The molecule has 1 unspecified atom stereocenters. The van der Waals surface area contributed by atoms with E-state index in [1.54, 1.807) is 7.11 Å². The largest absolute Gasteiger partial charge is 0.497 e. The van der Waals surface area contributed by atoms with Crippen molar-refractivity contribution in [2.45, 2.75) is 39.0 Å². The first-order valence-electron chi connectivity index (χ1n) is 10.6. The molecule has 2 N–H and O–H groups in total. The molecule has 0 radical (unpaired) electrons. The van der Waals surface area contributed by atoms with E-state index in [0.717, 1.165) is 89.9 Å². The van der Waals surface area contributed by atoms with Crippen molar-refractivity contribution in [2.24, 2.45) is 10.9 Å². The highest BCUT2D eigenvalue weighted by Gasteiger charge is 2.15. The molecule has 166 valence electrons. The quantitative estimate of drug-likeness (QED) is 0.180. The maximum absolute atomic E-state index is 5.73. The van der Waals surface area contributed by atoms with Crippen LogP contribution in [0.25, 0.3) is 0 Å². The lowest BCUT2D eigenvalue weighted by molar-refractivity contribution is 0.0893. The van der Waals surface area contributed by atoms with Gasteiger partial charge in [-0.05, 0) is 56.7 Å². The Hall–Kier alpha value is -1.06. The van der Waals surface area contributed by atoms with Crippen molar-refractivity contribution in [1.29, 1.82) is 0 Å². The zero-order valence-electron chi connectivity index (χ0n) is 18.0. The van der Waals surface area contributed by atoms with E-state index in [4.69, 9.17) is 14.2 Å². The zero-order valence-corrected chi connectivity index (χ0v) is 20.3. The molecule has 0 aromatic heterocycles. The molecule has 1 aliphatic rings. The third-order valence-electron chi connectivity index (χ3n) is 4.78. The Balaban J connectivity index is 0.00000420. The summed E-state index contributed by atoms with van der Waals surface area (Å²) in [5, 5.41) is 6.73. The van der Waals surface area contributed by atoms with Gasteiger partial charge < -0.3 is 24.8 Å². The van der Waals surface area contributed by atoms with Crippen molar-refractivity contribution in [3.05, 3.63) is 29.8 Å². The molecule has 6 nitrogen and oxygen atoms in total. The summed E-state index contributed by atoms with van der Waals surface area (Å²) in [6.07, 6.45) is 5.43. The Bertz CT molecular complexity index is 549. The number of nitrogens with one attached hydrogen (secondary N) is 2. The van der Waals surface area contributed by atoms with E-state index in [2.05, 4.69) is 34.7 Å². The lowest BCUT2D eigenvalue weighted by Gasteiger charge is -2.12. The van der Waals surface area contributed by atoms with Gasteiger partial charge >= 0.3 is 0 Å². The van der Waals surface area contributed by atoms with Crippen LogP contribution in [0.15, 0.2) is 29.3 Å². The molecule has 0 bridgehead atoms. The number of ether oxygens (including phenoxy) is 3. The third kappa shape index (κ3) is 11.6. The second kappa shape index (κ2) is 16.7. The van der Waals surface area contributed by atoms with Crippen LogP contribution >= 0.6 is 24.0 Å². The highest BCUT2D eigenvalue weighted by molar-refractivity contribution is 14.0. The van der Waals surface area contributed by atoms with E-state index in [0.29, 0.717) is 5.92 Å². The van der Waals surface area contributed by atoms with E-state index in [9.17, 15) is 0 Å². The summed E-state index contributed by atoms with van der Waals surface area (Å²) < 4.78 is 16.3. The number of benzene rings is 1. The Morgan fingerprint density at radius 1 is 1.17 bits per heavy atom. The first-order chi connectivity index (χ1) is 13.8. The number of rotatable bonds is 13. The third-order valence-corrected chi connectivity index (χ3v) is 4.78. The van der Waals surface area contributed by atoms with Gasteiger partial charge in [-0.15, -0.1) is 24.0 Å². The zero-order chi connectivity index (χ0) is 19.9. The SMILES string of the molecule is CCNC(=NCCCOCC1CCOC1)NCCCCc1ccc(OC)cc1.I. The van der Waals surface area contributed by atoms with Crippen molar-refractivity contribution in [2.75, 3.05) is 53.2 Å². The normalized spacial score (nSPS) is 16.3. The minimum Gasteiger partial charge on any atom is -0.497 e. The van der Waals surface area contributed by atoms with Crippen LogP contribution in [0.1, 0.15) is 38.2 Å². The molecule has 7 heteroatoms. The highest BCUT2D eigenvalue weighted by atomic mass is 127. The molecule has 1 heterocycles. The van der Waals surface area contributed by atoms with E-state index < -0.39 is 0 Å². The molecule has 1 atom stereocenters. The van der Waals surface area contributed by atoms with Gasteiger partial charge in [0, 0.05) is 38.8 Å². The average molecular weight is 519 g/mol. The van der Waals surface area contributed by atoms with E-state index >= 15 is 0 Å².